The smallest absolute Gasteiger partial charge is 0.407 e. The Morgan fingerprint density at radius 1 is 1.35 bits per heavy atom. The molecule has 0 saturated heterocycles. The van der Waals surface area contributed by atoms with E-state index >= 15 is 0 Å². The molecule has 1 fully saturated rings. The molecule has 0 radical (unpaired) electrons. The van der Waals surface area contributed by atoms with Crippen LogP contribution in [0.1, 0.15) is 54.8 Å². The number of carbonyl (C=O) groups excluding carboxylic acids is 1. The Kier molecular flexibility index (Phi) is 5.00. The van der Waals surface area contributed by atoms with Gasteiger partial charge in [-0.15, -0.1) is 10.2 Å². The van der Waals surface area contributed by atoms with Crippen LogP contribution in [0.4, 0.5) is 4.79 Å². The molecule has 2 heterocycles. The zero-order chi connectivity index (χ0) is 31.8. The Morgan fingerprint density at radius 3 is 2.94 bits per heavy atom. The molecule has 176 valence electrons. The number of aromatic nitrogens is 4. The number of alkyl carbamates (subject to hydrolysis) is 1. The fraction of sp³-hybridized carbons (Fsp3) is 0.360. The largest absolute Gasteiger partial charge is 0.486 e. The summed E-state index contributed by atoms with van der Waals surface area (Å²) in [6.45, 7) is 1.57. The van der Waals surface area contributed by atoms with Gasteiger partial charge in [0.15, 0.2) is 17.6 Å². The van der Waals surface area contributed by atoms with Crippen LogP contribution >= 0.6 is 11.8 Å². The second-order valence-corrected chi connectivity index (χ2v) is 7.75. The first-order chi connectivity index (χ1) is 20.0. The van der Waals surface area contributed by atoms with Gasteiger partial charge in [-0.3, -0.25) is 9.55 Å². The number of rotatable bonds is 7. The van der Waals surface area contributed by atoms with Crippen molar-refractivity contribution in [3.05, 3.63) is 59.7 Å². The van der Waals surface area contributed by atoms with Gasteiger partial charge in [0, 0.05) is 36.4 Å². The summed E-state index contributed by atoms with van der Waals surface area (Å²) < 4.78 is 86.9. The minimum absolute atomic E-state index is 0.0838. The predicted molar refractivity (Wildman–Crippen MR) is 130 cm³/mol. The zero-order valence-corrected chi connectivity index (χ0v) is 19.2. The summed E-state index contributed by atoms with van der Waals surface area (Å²) in [5.41, 5.74) is 1.84. The van der Waals surface area contributed by atoms with Gasteiger partial charge in [-0.25, -0.2) is 4.79 Å². The van der Waals surface area contributed by atoms with E-state index in [0.29, 0.717) is 17.0 Å². The van der Waals surface area contributed by atoms with Gasteiger partial charge < -0.3 is 14.8 Å². The molecule has 1 N–H and O–H groups in total. The number of pyridine rings is 1. The van der Waals surface area contributed by atoms with E-state index in [2.05, 4.69) is 32.3 Å². The lowest BCUT2D eigenvalue weighted by molar-refractivity contribution is 0.162. The van der Waals surface area contributed by atoms with Crippen LogP contribution < -0.4 is 10.1 Å². The quantitative estimate of drug-likeness (QED) is 0.498. The number of nitrogens with zero attached hydrogens (tertiary/aromatic N) is 4. The first-order valence-electron chi connectivity index (χ1n) is 14.6. The molecule has 1 aromatic carbocycles. The summed E-state index contributed by atoms with van der Waals surface area (Å²) in [5.74, 6) is 6.28. The van der Waals surface area contributed by atoms with Gasteiger partial charge in [-0.05, 0) is 55.6 Å². The van der Waals surface area contributed by atoms with Crippen molar-refractivity contribution in [2.45, 2.75) is 49.4 Å². The van der Waals surface area contributed by atoms with Crippen LogP contribution in [0.2, 0.25) is 0 Å². The molecule has 1 aliphatic carbocycles. The molecule has 9 heteroatoms. The van der Waals surface area contributed by atoms with Crippen molar-refractivity contribution in [2.75, 3.05) is 13.7 Å². The average Bonchev–Trinajstić information content (AvgIpc) is 3.37. The Hall–Kier alpha value is -3.51. The van der Waals surface area contributed by atoms with Gasteiger partial charge >= 0.3 is 6.09 Å². The van der Waals surface area contributed by atoms with Crippen molar-refractivity contribution in [1.29, 1.82) is 0 Å². The molecule has 1 amide bonds. The lowest BCUT2D eigenvalue weighted by Gasteiger charge is -2.13. The van der Waals surface area contributed by atoms with E-state index in [4.69, 9.17) is 21.8 Å². The fourth-order valence-corrected chi connectivity index (χ4v) is 3.64. The first-order valence-corrected chi connectivity index (χ1v) is 10.9. The Labute approximate surface area is 216 Å². The summed E-state index contributed by atoms with van der Waals surface area (Å²) in [4.78, 5) is 15.2. The summed E-state index contributed by atoms with van der Waals surface area (Å²) in [6.07, 6.45) is -10.9. The average molecular weight is 487 g/mol. The molecule has 1 aliphatic rings. The third-order valence-electron chi connectivity index (χ3n) is 4.48. The summed E-state index contributed by atoms with van der Waals surface area (Å²) >= 11 is 0.245. The minimum atomic E-state index is -3.34. The van der Waals surface area contributed by atoms with Gasteiger partial charge in [0.1, 0.15) is 12.4 Å². The maximum absolute atomic E-state index is 11.1. The predicted octanol–water partition coefficient (Wildman–Crippen LogP) is 4.29. The summed E-state index contributed by atoms with van der Waals surface area (Å²) in [6, 6.07) is 8.36. The number of aryl methyl sites for hydroxylation is 1. The van der Waals surface area contributed by atoms with E-state index < -0.39 is 36.8 Å². The van der Waals surface area contributed by atoms with Gasteiger partial charge in [-0.1, -0.05) is 36.3 Å². The van der Waals surface area contributed by atoms with E-state index in [-0.39, 0.29) is 36.0 Å². The highest BCUT2D eigenvalue weighted by molar-refractivity contribution is 7.99. The lowest BCUT2D eigenvalue weighted by Crippen LogP contribution is -2.19. The maximum Gasteiger partial charge on any atom is 0.407 e. The monoisotopic (exact) mass is 486 g/mol. The molecule has 4 rings (SSSR count). The molecular weight excluding hydrogens is 450 g/mol. The molecule has 2 aromatic heterocycles. The van der Waals surface area contributed by atoms with E-state index in [0.717, 1.165) is 5.56 Å². The van der Waals surface area contributed by atoms with Crippen LogP contribution in [0.5, 0.6) is 5.75 Å². The normalized spacial score (nSPS) is 24.0. The number of nitrogens with one attached hydrogen (secondary N) is 1. The third-order valence-corrected chi connectivity index (χ3v) is 5.34. The number of hydrogen-bond acceptors (Lipinski definition) is 7. The molecule has 3 aromatic rings. The molecular formula is C25H27N5O3S. The number of thioether (sulfide) groups is 1. The second-order valence-electron chi connectivity index (χ2n) is 6.77. The third kappa shape index (κ3) is 6.08. The number of amides is 1. The number of hydrogen-bond donors (Lipinski definition) is 1. The Bertz CT molecular complexity index is 1550. The van der Waals surface area contributed by atoms with E-state index in [1.165, 1.54) is 24.0 Å². The minimum Gasteiger partial charge on any atom is -0.486 e. The summed E-state index contributed by atoms with van der Waals surface area (Å²) in [5, 5.41) is 7.30. The van der Waals surface area contributed by atoms with Crippen molar-refractivity contribution in [3.8, 4) is 23.3 Å². The van der Waals surface area contributed by atoms with Crippen molar-refractivity contribution in [1.82, 2.24) is 25.1 Å². The van der Waals surface area contributed by atoms with Crippen molar-refractivity contribution in [3.63, 3.8) is 0 Å². The van der Waals surface area contributed by atoms with E-state index in [1.54, 1.807) is 30.3 Å². The van der Waals surface area contributed by atoms with Crippen molar-refractivity contribution < 1.29 is 26.6 Å². The zero-order valence-electron chi connectivity index (χ0n) is 27.4. The highest BCUT2D eigenvalue weighted by Crippen LogP contribution is 2.35. The lowest BCUT2D eigenvalue weighted by atomic mass is 10.1. The molecule has 0 unspecified atom stereocenters. The van der Waals surface area contributed by atoms with Crippen LogP contribution in [-0.4, -0.2) is 44.7 Å². The number of carbonyl (C=O) groups is 1. The number of benzene rings is 1. The maximum atomic E-state index is 11.1. The highest BCUT2D eigenvalue weighted by Gasteiger charge is 2.22. The second kappa shape index (κ2) is 11.6. The highest BCUT2D eigenvalue weighted by atomic mass is 32.2. The Morgan fingerprint density at radius 2 is 2.21 bits per heavy atom. The molecule has 0 spiro atoms. The van der Waals surface area contributed by atoms with Crippen LogP contribution in [-0.2, 0) is 11.3 Å². The topological polar surface area (TPSA) is 91.2 Å². The van der Waals surface area contributed by atoms with Gasteiger partial charge in [0.2, 0.25) is 0 Å². The van der Waals surface area contributed by atoms with Gasteiger partial charge in [0.05, 0.1) is 11.9 Å². The van der Waals surface area contributed by atoms with Crippen molar-refractivity contribution in [2.24, 2.45) is 0 Å². The first kappa shape index (κ1) is 14.7. The van der Waals surface area contributed by atoms with Crippen LogP contribution in [0.25, 0.3) is 5.69 Å². The molecule has 0 atom stereocenters. The Balaban J connectivity index is 1.63. The van der Waals surface area contributed by atoms with Crippen molar-refractivity contribution >= 4 is 17.9 Å². The molecule has 1 saturated carbocycles. The van der Waals surface area contributed by atoms with Gasteiger partial charge in [0.25, 0.3) is 0 Å². The fourth-order valence-electron chi connectivity index (χ4n) is 2.87. The van der Waals surface area contributed by atoms with E-state index in [1.807, 2.05) is 6.92 Å². The van der Waals surface area contributed by atoms with Crippen LogP contribution in [0.15, 0.2) is 47.9 Å². The van der Waals surface area contributed by atoms with Gasteiger partial charge in [-0.2, -0.15) is 0 Å². The number of ether oxygens (including phenoxy) is 2. The van der Waals surface area contributed by atoms with E-state index in [9.17, 15) is 4.79 Å². The molecule has 8 nitrogen and oxygen atoms in total. The molecule has 34 heavy (non-hydrogen) atoms. The SMILES string of the molecule is [2H]C1([2H])C([2H])([2H])C([2H])([2H])C([2H])(Sc2nnc(COc3ccc(C#CCOC(=O)NC)c(C)c3)n2-c2cccnc2)C1([2H])[2H]. The standard InChI is InChI=1S/C25H27N5O3S/c1-18-15-21(12-11-19(18)7-6-14-32-25(31)26-2)33-17-23-28-29-24(34-22-9-3-4-10-22)30(23)20-8-5-13-27-16-20/h5,8,11-13,15-16,22H,3-4,9-10,14,17H2,1-2H3,(H,26,31)/i3D2,4D2,9D2,10D2,22D. The van der Waals surface area contributed by atoms with Crippen LogP contribution in [0, 0.1) is 18.8 Å². The van der Waals surface area contributed by atoms with Crippen LogP contribution in [0.3, 0.4) is 0 Å². The molecule has 0 bridgehead atoms. The summed E-state index contributed by atoms with van der Waals surface area (Å²) in [7, 11) is 1.44. The molecule has 0 aliphatic heterocycles.